The maximum absolute atomic E-state index is 12.7. The molecule has 4 aromatic rings. The van der Waals surface area contributed by atoms with Gasteiger partial charge in [-0.15, -0.1) is 0 Å². The zero-order valence-electron chi connectivity index (χ0n) is 17.3. The Morgan fingerprint density at radius 3 is 2.60 bits per heavy atom. The average Bonchev–Trinajstić information content (AvgIpc) is 3.01. The highest BCUT2D eigenvalue weighted by Gasteiger charge is 2.15. The minimum atomic E-state index is -0.293. The Morgan fingerprint density at radius 2 is 1.77 bits per heavy atom. The highest BCUT2D eigenvalue weighted by atomic mass is 16.5. The van der Waals surface area contributed by atoms with Crippen LogP contribution in [0.4, 0.5) is 16.2 Å². The maximum Gasteiger partial charge on any atom is 0.323 e. The Morgan fingerprint density at radius 1 is 1.00 bits per heavy atom. The van der Waals surface area contributed by atoms with Crippen molar-refractivity contribution in [2.45, 2.75) is 20.4 Å². The summed E-state index contributed by atoms with van der Waals surface area (Å²) in [5.74, 6) is 0.807. The van der Waals surface area contributed by atoms with Crippen molar-refractivity contribution < 1.29 is 9.53 Å². The van der Waals surface area contributed by atoms with E-state index < -0.39 is 0 Å². The van der Waals surface area contributed by atoms with Crippen LogP contribution in [0.1, 0.15) is 17.0 Å². The SMILES string of the molecule is COc1cccc(Cn2nc(C)c(NC(=O)Nc3cccc4ccccc34)c2C)c1. The van der Waals surface area contributed by atoms with Gasteiger partial charge in [0.25, 0.3) is 0 Å². The first-order valence-electron chi connectivity index (χ1n) is 9.78. The number of hydrogen-bond acceptors (Lipinski definition) is 3. The summed E-state index contributed by atoms with van der Waals surface area (Å²) in [5, 5.41) is 12.6. The second-order valence-corrected chi connectivity index (χ2v) is 7.16. The van der Waals surface area contributed by atoms with Gasteiger partial charge in [-0.05, 0) is 43.0 Å². The second kappa shape index (κ2) is 8.29. The molecule has 0 radical (unpaired) electrons. The molecule has 0 aliphatic carbocycles. The van der Waals surface area contributed by atoms with Crippen LogP contribution in [0.3, 0.4) is 0 Å². The van der Waals surface area contributed by atoms with Crippen LogP contribution in [-0.4, -0.2) is 22.9 Å². The van der Waals surface area contributed by atoms with E-state index >= 15 is 0 Å². The largest absolute Gasteiger partial charge is 0.497 e. The highest BCUT2D eigenvalue weighted by molar-refractivity contribution is 6.06. The van der Waals surface area contributed by atoms with Crippen LogP contribution in [0.15, 0.2) is 66.7 Å². The summed E-state index contributed by atoms with van der Waals surface area (Å²) in [7, 11) is 1.65. The lowest BCUT2D eigenvalue weighted by Crippen LogP contribution is -2.20. The minimum absolute atomic E-state index is 0.293. The molecule has 2 amide bonds. The van der Waals surface area contributed by atoms with Gasteiger partial charge in [-0.25, -0.2) is 4.79 Å². The molecule has 1 heterocycles. The Balaban J connectivity index is 1.52. The van der Waals surface area contributed by atoms with Crippen molar-refractivity contribution in [2.24, 2.45) is 0 Å². The van der Waals surface area contributed by atoms with Crippen LogP contribution in [0.5, 0.6) is 5.75 Å². The van der Waals surface area contributed by atoms with E-state index in [9.17, 15) is 4.79 Å². The van der Waals surface area contributed by atoms with Crippen LogP contribution in [-0.2, 0) is 6.54 Å². The summed E-state index contributed by atoms with van der Waals surface area (Å²) < 4.78 is 7.18. The highest BCUT2D eigenvalue weighted by Crippen LogP contribution is 2.25. The average molecular weight is 400 g/mol. The zero-order chi connectivity index (χ0) is 21.1. The molecule has 6 heteroatoms. The van der Waals surface area contributed by atoms with Gasteiger partial charge < -0.3 is 15.4 Å². The van der Waals surface area contributed by atoms with Crippen molar-refractivity contribution in [3.8, 4) is 5.75 Å². The molecule has 0 saturated heterocycles. The van der Waals surface area contributed by atoms with Crippen LogP contribution in [0.25, 0.3) is 10.8 Å². The fourth-order valence-corrected chi connectivity index (χ4v) is 3.58. The first-order chi connectivity index (χ1) is 14.5. The van der Waals surface area contributed by atoms with E-state index in [0.29, 0.717) is 6.54 Å². The van der Waals surface area contributed by atoms with Gasteiger partial charge in [0.2, 0.25) is 0 Å². The number of ether oxygens (including phenoxy) is 1. The molecule has 0 bridgehead atoms. The normalized spacial score (nSPS) is 10.8. The Bertz CT molecular complexity index is 1210. The van der Waals surface area contributed by atoms with Gasteiger partial charge in [-0.3, -0.25) is 4.68 Å². The molecule has 4 rings (SSSR count). The lowest BCUT2D eigenvalue weighted by Gasteiger charge is -2.11. The predicted molar refractivity (Wildman–Crippen MR) is 120 cm³/mol. The molecular weight excluding hydrogens is 376 g/mol. The number of carbonyl (C=O) groups excluding carboxylic acids is 1. The first kappa shape index (κ1) is 19.5. The molecule has 152 valence electrons. The number of benzene rings is 3. The third-order valence-corrected chi connectivity index (χ3v) is 5.12. The van der Waals surface area contributed by atoms with Crippen molar-refractivity contribution in [3.05, 3.63) is 83.7 Å². The number of hydrogen-bond donors (Lipinski definition) is 2. The van der Waals surface area contributed by atoms with Crippen LogP contribution >= 0.6 is 0 Å². The number of aryl methyl sites for hydroxylation is 1. The summed E-state index contributed by atoms with van der Waals surface area (Å²) in [6.07, 6.45) is 0. The number of rotatable bonds is 5. The quantitative estimate of drug-likeness (QED) is 0.474. The molecular formula is C24H24N4O2. The third kappa shape index (κ3) is 3.98. The molecule has 0 unspecified atom stereocenters. The molecule has 2 N–H and O–H groups in total. The van der Waals surface area contributed by atoms with E-state index in [2.05, 4.69) is 15.7 Å². The molecule has 0 aliphatic heterocycles. The van der Waals surface area contributed by atoms with Crippen molar-refractivity contribution in [3.63, 3.8) is 0 Å². The summed E-state index contributed by atoms with van der Waals surface area (Å²) in [6, 6.07) is 21.4. The number of aromatic nitrogens is 2. The van der Waals surface area contributed by atoms with E-state index in [-0.39, 0.29) is 6.03 Å². The number of fused-ring (bicyclic) bond motifs is 1. The summed E-state index contributed by atoms with van der Waals surface area (Å²) in [5.41, 5.74) is 4.22. The van der Waals surface area contributed by atoms with Crippen molar-refractivity contribution in [2.75, 3.05) is 17.7 Å². The van der Waals surface area contributed by atoms with E-state index in [0.717, 1.165) is 44.8 Å². The van der Waals surface area contributed by atoms with E-state index in [1.807, 2.05) is 85.3 Å². The number of methoxy groups -OCH3 is 1. The van der Waals surface area contributed by atoms with E-state index in [1.54, 1.807) is 7.11 Å². The molecule has 6 nitrogen and oxygen atoms in total. The number of anilines is 2. The number of carbonyl (C=O) groups is 1. The van der Waals surface area contributed by atoms with E-state index in [4.69, 9.17) is 4.74 Å². The molecule has 0 saturated carbocycles. The Labute approximate surface area is 175 Å². The van der Waals surface area contributed by atoms with Crippen molar-refractivity contribution in [1.29, 1.82) is 0 Å². The summed E-state index contributed by atoms with van der Waals surface area (Å²) in [4.78, 5) is 12.7. The van der Waals surface area contributed by atoms with Gasteiger partial charge in [-0.1, -0.05) is 48.5 Å². The Kier molecular flexibility index (Phi) is 5.39. The smallest absolute Gasteiger partial charge is 0.323 e. The monoisotopic (exact) mass is 400 g/mol. The van der Waals surface area contributed by atoms with Crippen LogP contribution < -0.4 is 15.4 Å². The van der Waals surface area contributed by atoms with Crippen LogP contribution in [0.2, 0.25) is 0 Å². The van der Waals surface area contributed by atoms with Crippen molar-refractivity contribution >= 4 is 28.2 Å². The van der Waals surface area contributed by atoms with Gasteiger partial charge >= 0.3 is 6.03 Å². The summed E-state index contributed by atoms with van der Waals surface area (Å²) in [6.45, 7) is 4.44. The minimum Gasteiger partial charge on any atom is -0.497 e. The molecule has 3 aromatic carbocycles. The molecule has 30 heavy (non-hydrogen) atoms. The lowest BCUT2D eigenvalue weighted by molar-refractivity contribution is 0.262. The van der Waals surface area contributed by atoms with Gasteiger partial charge in [-0.2, -0.15) is 5.10 Å². The van der Waals surface area contributed by atoms with Gasteiger partial charge in [0.15, 0.2) is 0 Å². The standard InChI is InChI=1S/C24H24N4O2/c1-16-23(17(2)28(27-16)15-18-8-6-11-20(14-18)30-3)26-24(29)25-22-13-7-10-19-9-4-5-12-21(19)22/h4-14H,15H2,1-3H3,(H2,25,26,29). The second-order valence-electron chi connectivity index (χ2n) is 7.16. The molecule has 0 fully saturated rings. The fraction of sp³-hybridized carbons (Fsp3) is 0.167. The molecule has 0 aliphatic rings. The number of nitrogens with zero attached hydrogens (tertiary/aromatic N) is 2. The van der Waals surface area contributed by atoms with Gasteiger partial charge in [0.1, 0.15) is 5.75 Å². The topological polar surface area (TPSA) is 68.2 Å². The predicted octanol–water partition coefficient (Wildman–Crippen LogP) is 5.35. The number of amides is 2. The van der Waals surface area contributed by atoms with Gasteiger partial charge in [0.05, 0.1) is 36.4 Å². The maximum atomic E-state index is 12.7. The van der Waals surface area contributed by atoms with Crippen molar-refractivity contribution in [1.82, 2.24) is 9.78 Å². The Hall–Kier alpha value is -3.80. The molecule has 0 spiro atoms. The summed E-state index contributed by atoms with van der Waals surface area (Å²) >= 11 is 0. The van der Waals surface area contributed by atoms with Crippen LogP contribution in [0, 0.1) is 13.8 Å². The third-order valence-electron chi connectivity index (χ3n) is 5.12. The first-order valence-corrected chi connectivity index (χ1v) is 9.78. The van der Waals surface area contributed by atoms with Gasteiger partial charge in [0, 0.05) is 5.39 Å². The molecule has 1 aromatic heterocycles. The number of urea groups is 1. The molecule has 0 atom stereocenters. The zero-order valence-corrected chi connectivity index (χ0v) is 17.3. The lowest BCUT2D eigenvalue weighted by atomic mass is 10.1. The van der Waals surface area contributed by atoms with E-state index in [1.165, 1.54) is 0 Å². The fourth-order valence-electron chi connectivity index (χ4n) is 3.58. The number of nitrogens with one attached hydrogen (secondary N) is 2.